The third kappa shape index (κ3) is 3.98. The summed E-state index contributed by atoms with van der Waals surface area (Å²) in [7, 11) is 0. The molecule has 0 unspecified atom stereocenters. The number of benzene rings is 1. The number of hydrogen-bond acceptors (Lipinski definition) is 4. The number of fused-ring (bicyclic) bond motifs is 1. The second kappa shape index (κ2) is 8.82. The van der Waals surface area contributed by atoms with E-state index in [1.54, 1.807) is 0 Å². The lowest BCUT2D eigenvalue weighted by Crippen LogP contribution is -2.47. The molecule has 3 aromatic rings. The predicted molar refractivity (Wildman–Crippen MR) is 122 cm³/mol. The predicted octanol–water partition coefficient (Wildman–Crippen LogP) is 5.14. The highest BCUT2D eigenvalue weighted by molar-refractivity contribution is 7.71. The lowest BCUT2D eigenvalue weighted by Gasteiger charge is -2.43. The van der Waals surface area contributed by atoms with Crippen LogP contribution in [-0.4, -0.2) is 36.8 Å². The zero-order chi connectivity index (χ0) is 20.3. The zero-order valence-corrected chi connectivity index (χ0v) is 18.2. The van der Waals surface area contributed by atoms with Crippen LogP contribution in [0.15, 0.2) is 54.9 Å². The standard InChI is InChI=1S/C24H29N5S/c30-24-28(17-19-7-2-1-3-8-19)23(21-12-14-25-15-13-21)26-29(24)18-27-16-6-10-20-9-4-5-11-22(20)27/h1-3,7-8,12-15,20,22H,4-6,9-11,16-18H2/t20-,22-/m0/s1. The topological polar surface area (TPSA) is 38.9 Å². The van der Waals surface area contributed by atoms with E-state index in [1.807, 2.05) is 35.3 Å². The molecule has 1 aromatic carbocycles. The number of hydrogen-bond donors (Lipinski definition) is 0. The highest BCUT2D eigenvalue weighted by Crippen LogP contribution is 2.35. The molecule has 0 bridgehead atoms. The van der Waals surface area contributed by atoms with Crippen molar-refractivity contribution in [2.24, 2.45) is 5.92 Å². The quantitative estimate of drug-likeness (QED) is 0.537. The summed E-state index contributed by atoms with van der Waals surface area (Å²) in [6, 6.07) is 15.2. The molecule has 5 nitrogen and oxygen atoms in total. The number of piperidine rings is 1. The van der Waals surface area contributed by atoms with E-state index in [4.69, 9.17) is 17.3 Å². The minimum absolute atomic E-state index is 0.693. The molecule has 1 saturated carbocycles. The molecule has 2 aromatic heterocycles. The van der Waals surface area contributed by atoms with Crippen LogP contribution in [0.2, 0.25) is 0 Å². The Balaban J connectivity index is 1.49. The summed E-state index contributed by atoms with van der Waals surface area (Å²) >= 11 is 5.95. The first-order valence-corrected chi connectivity index (χ1v) is 11.6. The zero-order valence-electron chi connectivity index (χ0n) is 17.4. The average molecular weight is 420 g/mol. The first-order chi connectivity index (χ1) is 14.8. The minimum Gasteiger partial charge on any atom is -0.295 e. The van der Waals surface area contributed by atoms with Crippen LogP contribution in [0.3, 0.4) is 0 Å². The molecule has 0 amide bonds. The van der Waals surface area contributed by atoms with Crippen molar-refractivity contribution in [3.05, 3.63) is 65.2 Å². The Kier molecular flexibility index (Phi) is 5.77. The number of aromatic nitrogens is 4. The Morgan fingerprint density at radius 2 is 1.70 bits per heavy atom. The van der Waals surface area contributed by atoms with Crippen molar-refractivity contribution >= 4 is 12.2 Å². The minimum atomic E-state index is 0.693. The van der Waals surface area contributed by atoms with Crippen LogP contribution in [-0.2, 0) is 13.2 Å². The van der Waals surface area contributed by atoms with Crippen LogP contribution in [0.25, 0.3) is 11.4 Å². The van der Waals surface area contributed by atoms with Crippen LogP contribution >= 0.6 is 12.2 Å². The summed E-state index contributed by atoms with van der Waals surface area (Å²) in [5, 5.41) is 5.01. The van der Waals surface area contributed by atoms with Crippen LogP contribution in [0.5, 0.6) is 0 Å². The second-order valence-electron chi connectivity index (χ2n) is 8.62. The van der Waals surface area contributed by atoms with Crippen LogP contribution in [0.1, 0.15) is 44.1 Å². The molecule has 156 valence electrons. The molecule has 1 aliphatic heterocycles. The number of nitrogens with zero attached hydrogens (tertiary/aromatic N) is 5. The molecular formula is C24H29N5S. The maximum atomic E-state index is 5.95. The molecule has 1 saturated heterocycles. The van der Waals surface area contributed by atoms with Gasteiger partial charge >= 0.3 is 0 Å². The van der Waals surface area contributed by atoms with Crippen molar-refractivity contribution in [1.29, 1.82) is 0 Å². The van der Waals surface area contributed by atoms with Crippen molar-refractivity contribution in [2.45, 2.75) is 57.8 Å². The Morgan fingerprint density at radius 1 is 0.933 bits per heavy atom. The van der Waals surface area contributed by atoms with Crippen LogP contribution in [0, 0.1) is 10.7 Å². The van der Waals surface area contributed by atoms with Gasteiger partial charge in [0.05, 0.1) is 13.2 Å². The molecule has 6 heteroatoms. The molecule has 0 spiro atoms. The highest BCUT2D eigenvalue weighted by atomic mass is 32.1. The van der Waals surface area contributed by atoms with E-state index in [2.05, 4.69) is 38.7 Å². The van der Waals surface area contributed by atoms with Crippen molar-refractivity contribution in [3.63, 3.8) is 0 Å². The van der Waals surface area contributed by atoms with Gasteiger partial charge in [0, 0.05) is 30.5 Å². The van der Waals surface area contributed by atoms with E-state index in [0.717, 1.165) is 41.8 Å². The molecular weight excluding hydrogens is 390 g/mol. The Morgan fingerprint density at radius 3 is 2.53 bits per heavy atom. The van der Waals surface area contributed by atoms with Crippen LogP contribution < -0.4 is 0 Å². The lowest BCUT2D eigenvalue weighted by molar-refractivity contribution is 0.0323. The number of rotatable bonds is 5. The Bertz CT molecular complexity index is 1020. The normalized spacial score (nSPS) is 22.0. The van der Waals surface area contributed by atoms with Crippen molar-refractivity contribution < 1.29 is 0 Å². The van der Waals surface area contributed by atoms with Gasteiger partial charge < -0.3 is 0 Å². The van der Waals surface area contributed by atoms with E-state index < -0.39 is 0 Å². The fraction of sp³-hybridized carbons (Fsp3) is 0.458. The van der Waals surface area contributed by atoms with Crippen molar-refractivity contribution in [2.75, 3.05) is 6.54 Å². The first kappa shape index (κ1) is 19.6. The monoisotopic (exact) mass is 419 g/mol. The molecule has 2 atom stereocenters. The van der Waals surface area contributed by atoms with Gasteiger partial charge in [-0.25, -0.2) is 4.68 Å². The third-order valence-electron chi connectivity index (χ3n) is 6.72. The second-order valence-corrected chi connectivity index (χ2v) is 8.99. The van der Waals surface area contributed by atoms with Gasteiger partial charge in [-0.2, -0.15) is 5.10 Å². The molecule has 0 N–H and O–H groups in total. The van der Waals surface area contributed by atoms with Gasteiger partial charge in [-0.15, -0.1) is 0 Å². The summed E-state index contributed by atoms with van der Waals surface area (Å²) in [6.45, 7) is 2.67. The maximum Gasteiger partial charge on any atom is 0.199 e. The maximum absolute atomic E-state index is 5.95. The number of pyridine rings is 1. The van der Waals surface area contributed by atoms with Gasteiger partial charge in [0.2, 0.25) is 0 Å². The summed E-state index contributed by atoms with van der Waals surface area (Å²) in [5.41, 5.74) is 2.29. The van der Waals surface area contributed by atoms with Gasteiger partial charge in [0.1, 0.15) is 0 Å². The Hall–Kier alpha value is -2.31. The van der Waals surface area contributed by atoms with Gasteiger partial charge in [0.25, 0.3) is 0 Å². The lowest BCUT2D eigenvalue weighted by atomic mass is 9.78. The van der Waals surface area contributed by atoms with E-state index in [9.17, 15) is 0 Å². The molecule has 2 aliphatic rings. The summed E-state index contributed by atoms with van der Waals surface area (Å²) < 4.78 is 5.01. The highest BCUT2D eigenvalue weighted by Gasteiger charge is 2.33. The molecule has 0 radical (unpaired) electrons. The van der Waals surface area contributed by atoms with Gasteiger partial charge in [-0.1, -0.05) is 43.2 Å². The van der Waals surface area contributed by atoms with Gasteiger partial charge in [-0.3, -0.25) is 14.5 Å². The molecule has 2 fully saturated rings. The molecule has 30 heavy (non-hydrogen) atoms. The fourth-order valence-corrected chi connectivity index (χ4v) is 5.48. The fourth-order valence-electron chi connectivity index (χ4n) is 5.23. The van der Waals surface area contributed by atoms with E-state index in [0.29, 0.717) is 6.04 Å². The Labute approximate surface area is 183 Å². The number of likely N-dealkylation sites (tertiary alicyclic amines) is 1. The van der Waals surface area contributed by atoms with Gasteiger partial charge in [-0.05, 0) is 61.5 Å². The van der Waals surface area contributed by atoms with Crippen molar-refractivity contribution in [1.82, 2.24) is 24.2 Å². The summed E-state index contributed by atoms with van der Waals surface area (Å²) in [4.78, 5) is 6.81. The third-order valence-corrected chi connectivity index (χ3v) is 7.15. The molecule has 5 rings (SSSR count). The van der Waals surface area contributed by atoms with Gasteiger partial charge in [0.15, 0.2) is 10.6 Å². The molecule has 1 aliphatic carbocycles. The van der Waals surface area contributed by atoms with E-state index in [1.165, 1.54) is 44.1 Å². The van der Waals surface area contributed by atoms with E-state index in [-0.39, 0.29) is 0 Å². The average Bonchev–Trinajstić information content (AvgIpc) is 3.10. The van der Waals surface area contributed by atoms with Crippen molar-refractivity contribution in [3.8, 4) is 11.4 Å². The molecule has 3 heterocycles. The first-order valence-electron chi connectivity index (χ1n) is 11.2. The summed E-state index contributed by atoms with van der Waals surface area (Å²) in [5.74, 6) is 1.77. The van der Waals surface area contributed by atoms with Crippen LogP contribution in [0.4, 0.5) is 0 Å². The largest absolute Gasteiger partial charge is 0.295 e. The summed E-state index contributed by atoms with van der Waals surface area (Å²) in [6.07, 6.45) is 11.8. The smallest absolute Gasteiger partial charge is 0.199 e. The van der Waals surface area contributed by atoms with E-state index >= 15 is 0 Å². The SMILES string of the molecule is S=c1n(CN2CCC[C@@H]3CCCC[C@@H]32)nc(-c2ccncc2)n1Cc1ccccc1.